The third-order valence-corrected chi connectivity index (χ3v) is 12.4. The second-order valence-electron chi connectivity index (χ2n) is 16.1. The highest BCUT2D eigenvalue weighted by Crippen LogP contribution is 2.58. The molecule has 54 heavy (non-hydrogen) atoms. The summed E-state index contributed by atoms with van der Waals surface area (Å²) in [4.78, 5) is 2.41. The first-order chi connectivity index (χ1) is 26.3. The summed E-state index contributed by atoms with van der Waals surface area (Å²) in [7, 11) is 0. The van der Waals surface area contributed by atoms with Gasteiger partial charge in [0.1, 0.15) is 5.58 Å². The van der Waals surface area contributed by atoms with E-state index in [0.29, 0.717) is 0 Å². The lowest BCUT2D eigenvalue weighted by molar-refractivity contribution is 0.654. The van der Waals surface area contributed by atoms with Crippen LogP contribution in [0.25, 0.3) is 66.1 Å². The summed E-state index contributed by atoms with van der Waals surface area (Å²) in [5.74, 6) is 0. The van der Waals surface area contributed by atoms with Crippen LogP contribution in [0.3, 0.4) is 0 Å². The minimum atomic E-state index is -0.213. The quantitative estimate of drug-likeness (QED) is 0.182. The Morgan fingerprint density at radius 2 is 1.06 bits per heavy atom. The molecule has 0 bridgehead atoms. The van der Waals surface area contributed by atoms with Crippen molar-refractivity contribution in [3.8, 4) is 33.4 Å². The van der Waals surface area contributed by atoms with Gasteiger partial charge in [0.25, 0.3) is 0 Å². The van der Waals surface area contributed by atoms with Crippen molar-refractivity contribution in [1.29, 1.82) is 0 Å². The molecule has 1 heterocycles. The van der Waals surface area contributed by atoms with Crippen molar-refractivity contribution in [2.24, 2.45) is 0 Å². The van der Waals surface area contributed by atoms with E-state index < -0.39 is 0 Å². The van der Waals surface area contributed by atoms with E-state index in [9.17, 15) is 0 Å². The number of anilines is 3. The van der Waals surface area contributed by atoms with Crippen LogP contribution < -0.4 is 4.90 Å². The third kappa shape index (κ3) is 4.23. The number of hydrogen-bond donors (Lipinski definition) is 0. The Kier molecular flexibility index (Phi) is 6.39. The molecule has 2 aliphatic carbocycles. The van der Waals surface area contributed by atoms with E-state index in [4.69, 9.17) is 4.42 Å². The van der Waals surface area contributed by atoms with Gasteiger partial charge < -0.3 is 9.32 Å². The maximum absolute atomic E-state index is 6.72. The van der Waals surface area contributed by atoms with Crippen molar-refractivity contribution in [1.82, 2.24) is 0 Å². The molecule has 8 aromatic carbocycles. The smallest absolute Gasteiger partial charge is 0.159 e. The van der Waals surface area contributed by atoms with Gasteiger partial charge in [0, 0.05) is 32.9 Å². The van der Waals surface area contributed by atoms with Crippen molar-refractivity contribution >= 4 is 49.8 Å². The number of rotatable bonds is 4. The van der Waals surface area contributed by atoms with E-state index in [1.54, 1.807) is 0 Å². The van der Waals surface area contributed by atoms with Crippen molar-refractivity contribution < 1.29 is 4.42 Å². The molecule has 11 rings (SSSR count). The molecule has 2 heteroatoms. The van der Waals surface area contributed by atoms with Crippen molar-refractivity contribution in [2.75, 3.05) is 4.90 Å². The number of para-hydroxylation sites is 3. The van der Waals surface area contributed by atoms with E-state index in [1.807, 2.05) is 6.07 Å². The molecule has 0 amide bonds. The second-order valence-corrected chi connectivity index (χ2v) is 16.1. The molecule has 258 valence electrons. The molecule has 0 saturated heterocycles. The van der Waals surface area contributed by atoms with Gasteiger partial charge in [-0.2, -0.15) is 0 Å². The summed E-state index contributed by atoms with van der Waals surface area (Å²) in [5.41, 5.74) is 18.0. The molecule has 9 aromatic rings. The van der Waals surface area contributed by atoms with Crippen LogP contribution in [-0.2, 0) is 10.8 Å². The molecule has 2 aliphatic rings. The Hall–Kier alpha value is -6.38. The Morgan fingerprint density at radius 3 is 1.91 bits per heavy atom. The number of fused-ring (bicyclic) bond motifs is 11. The van der Waals surface area contributed by atoms with Crippen molar-refractivity contribution in [3.05, 3.63) is 186 Å². The van der Waals surface area contributed by atoms with E-state index in [-0.39, 0.29) is 10.8 Å². The Bertz CT molecular complexity index is 3000. The minimum Gasteiger partial charge on any atom is -0.454 e. The highest BCUT2D eigenvalue weighted by atomic mass is 16.3. The summed E-state index contributed by atoms with van der Waals surface area (Å²) in [6.45, 7) is 9.61. The summed E-state index contributed by atoms with van der Waals surface area (Å²) >= 11 is 0. The Balaban J connectivity index is 1.12. The van der Waals surface area contributed by atoms with Crippen LogP contribution in [0.2, 0.25) is 0 Å². The summed E-state index contributed by atoms with van der Waals surface area (Å²) in [6, 6.07) is 60.0. The zero-order chi connectivity index (χ0) is 36.3. The molecule has 0 N–H and O–H groups in total. The molecular weight excluding hydrogens is 655 g/mol. The van der Waals surface area contributed by atoms with Crippen LogP contribution in [0.15, 0.2) is 168 Å². The molecule has 0 unspecified atom stereocenters. The molecule has 0 saturated carbocycles. The number of nitrogens with zero attached hydrogens (tertiary/aromatic N) is 1. The molecule has 1 aromatic heterocycles. The molecule has 2 nitrogen and oxygen atoms in total. The van der Waals surface area contributed by atoms with Gasteiger partial charge >= 0.3 is 0 Å². The zero-order valence-corrected chi connectivity index (χ0v) is 30.9. The fraction of sp³-hybridized carbons (Fsp3) is 0.115. The first kappa shape index (κ1) is 31.2. The second kappa shape index (κ2) is 11.1. The van der Waals surface area contributed by atoms with Gasteiger partial charge in [-0.1, -0.05) is 149 Å². The standard InChI is InChI=1S/C52H39NO/c1-51(2)43-29-34(26-28-37(43)41-30-45-42(31-44(41)51)39-27-25-33-17-8-9-19-36(33)49(39)52(45,3)4)53(46-22-12-10-18-35(46)32-15-6-5-7-16-32)47-23-14-21-40-38-20-11-13-24-48(38)54-50(40)47/h5-31H,1-4H3. The van der Waals surface area contributed by atoms with E-state index >= 15 is 0 Å². The predicted molar refractivity (Wildman–Crippen MR) is 226 cm³/mol. The van der Waals surface area contributed by atoms with Gasteiger partial charge in [-0.05, 0) is 103 Å². The van der Waals surface area contributed by atoms with Crippen molar-refractivity contribution in [3.63, 3.8) is 0 Å². The fourth-order valence-electron chi connectivity index (χ4n) is 9.80. The van der Waals surface area contributed by atoms with E-state index in [1.165, 1.54) is 66.4 Å². The highest BCUT2D eigenvalue weighted by Gasteiger charge is 2.42. The molecule has 0 fully saturated rings. The number of hydrogen-bond acceptors (Lipinski definition) is 2. The molecule has 0 aliphatic heterocycles. The predicted octanol–water partition coefficient (Wildman–Crippen LogP) is 14.5. The molecule has 0 spiro atoms. The maximum Gasteiger partial charge on any atom is 0.159 e. The molecule has 0 atom stereocenters. The number of benzene rings is 8. The van der Waals surface area contributed by atoms with Crippen LogP contribution in [0, 0.1) is 0 Å². The van der Waals surface area contributed by atoms with Crippen LogP contribution in [0.5, 0.6) is 0 Å². The highest BCUT2D eigenvalue weighted by molar-refractivity contribution is 6.11. The maximum atomic E-state index is 6.72. The topological polar surface area (TPSA) is 16.4 Å². The van der Waals surface area contributed by atoms with Gasteiger partial charge in [0.15, 0.2) is 5.58 Å². The lowest BCUT2D eigenvalue weighted by Gasteiger charge is -2.29. The summed E-state index contributed by atoms with van der Waals surface area (Å²) in [6.07, 6.45) is 0. The first-order valence-electron chi connectivity index (χ1n) is 19.0. The SMILES string of the molecule is CC1(C)c2cc(N(c3ccccc3-c3ccccc3)c3cccc4c3oc3ccccc34)ccc2-c2cc3c(cc21)-c1ccc2ccccc2c1C3(C)C. The van der Waals surface area contributed by atoms with Gasteiger partial charge in [-0.15, -0.1) is 0 Å². The zero-order valence-electron chi connectivity index (χ0n) is 30.9. The Labute approximate surface area is 315 Å². The molecule has 0 radical (unpaired) electrons. The normalized spacial score (nSPS) is 14.6. The van der Waals surface area contributed by atoms with E-state index in [2.05, 4.69) is 190 Å². The van der Waals surface area contributed by atoms with Crippen molar-refractivity contribution in [2.45, 2.75) is 38.5 Å². The van der Waals surface area contributed by atoms with Crippen LogP contribution >= 0.6 is 0 Å². The first-order valence-corrected chi connectivity index (χ1v) is 19.0. The van der Waals surface area contributed by atoms with Crippen LogP contribution in [0.1, 0.15) is 49.9 Å². The van der Waals surface area contributed by atoms with Gasteiger partial charge in [0.2, 0.25) is 0 Å². The monoisotopic (exact) mass is 693 g/mol. The van der Waals surface area contributed by atoms with Crippen LogP contribution in [0.4, 0.5) is 17.1 Å². The van der Waals surface area contributed by atoms with E-state index in [0.717, 1.165) is 39.0 Å². The lowest BCUT2D eigenvalue weighted by Crippen LogP contribution is -2.18. The fourth-order valence-corrected chi connectivity index (χ4v) is 9.80. The minimum absolute atomic E-state index is 0.114. The summed E-state index contributed by atoms with van der Waals surface area (Å²) in [5, 5.41) is 4.90. The van der Waals surface area contributed by atoms with Gasteiger partial charge in [-0.3, -0.25) is 0 Å². The summed E-state index contributed by atoms with van der Waals surface area (Å²) < 4.78 is 6.72. The lowest BCUT2D eigenvalue weighted by atomic mass is 9.78. The third-order valence-electron chi connectivity index (χ3n) is 12.4. The van der Waals surface area contributed by atoms with Gasteiger partial charge in [-0.25, -0.2) is 0 Å². The molecular formula is C52H39NO. The van der Waals surface area contributed by atoms with Gasteiger partial charge in [0.05, 0.1) is 11.4 Å². The average Bonchev–Trinajstić information content (AvgIpc) is 3.78. The largest absolute Gasteiger partial charge is 0.454 e. The van der Waals surface area contributed by atoms with Crippen LogP contribution in [-0.4, -0.2) is 0 Å². The number of furan rings is 1. The Morgan fingerprint density at radius 1 is 0.426 bits per heavy atom. The average molecular weight is 694 g/mol.